The number of benzene rings is 2. The summed E-state index contributed by atoms with van der Waals surface area (Å²) in [6.07, 6.45) is 1.50. The van der Waals surface area contributed by atoms with Gasteiger partial charge in [0.05, 0.1) is 11.5 Å². The molecule has 8 nitrogen and oxygen atoms in total. The number of carbonyl (C=O) groups excluding carboxylic acids is 4. The van der Waals surface area contributed by atoms with Crippen molar-refractivity contribution in [3.63, 3.8) is 0 Å². The third-order valence-electron chi connectivity index (χ3n) is 4.33. The first kappa shape index (κ1) is 23.1. The number of nitrogens with zero attached hydrogens (tertiary/aromatic N) is 1. The van der Waals surface area contributed by atoms with Crippen LogP contribution in [0.3, 0.4) is 0 Å². The number of nitrogens with one attached hydrogen (secondary N) is 1. The Kier molecular flexibility index (Phi) is 7.67. The summed E-state index contributed by atoms with van der Waals surface area (Å²) in [5, 5.41) is 2.15. The summed E-state index contributed by atoms with van der Waals surface area (Å²) in [6.45, 7) is 3.17. The molecule has 0 atom stereocenters. The summed E-state index contributed by atoms with van der Waals surface area (Å²) in [5.41, 5.74) is 2.08. The molecule has 166 valence electrons. The summed E-state index contributed by atoms with van der Waals surface area (Å²) in [7, 11) is 0. The first-order valence-corrected chi connectivity index (χ1v) is 10.7. The van der Waals surface area contributed by atoms with Crippen molar-refractivity contribution in [2.75, 3.05) is 25.1 Å². The maximum absolute atomic E-state index is 12.7. The van der Waals surface area contributed by atoms with Gasteiger partial charge in [-0.3, -0.25) is 19.3 Å². The molecule has 9 heteroatoms. The van der Waals surface area contributed by atoms with Crippen LogP contribution < -0.4 is 10.1 Å². The lowest BCUT2D eigenvalue weighted by Gasteiger charge is -2.12. The van der Waals surface area contributed by atoms with E-state index in [4.69, 9.17) is 9.47 Å². The standard InChI is InChI=1S/C23H22N2O6S/c1-3-30-21(27)14-31-18-10-5-4-8-16(18)12-19-22(28)25(23(29)32-19)13-20(26)24-17-9-6-7-15(2)11-17/h4-12H,3,13-14H2,1-2H3,(H,24,26)/b19-12-. The second-order valence-corrected chi connectivity index (χ2v) is 7.81. The second-order valence-electron chi connectivity index (χ2n) is 6.82. The Balaban J connectivity index is 1.69. The van der Waals surface area contributed by atoms with Gasteiger partial charge in [-0.15, -0.1) is 0 Å². The van der Waals surface area contributed by atoms with E-state index in [0.717, 1.165) is 22.2 Å². The fourth-order valence-corrected chi connectivity index (χ4v) is 3.74. The summed E-state index contributed by atoms with van der Waals surface area (Å²) in [5.74, 6) is -1.19. The quantitative estimate of drug-likeness (QED) is 0.480. The minimum absolute atomic E-state index is 0.158. The van der Waals surface area contributed by atoms with Crippen LogP contribution in [0.2, 0.25) is 0 Å². The molecular weight excluding hydrogens is 432 g/mol. The molecule has 0 aromatic heterocycles. The number of hydrogen-bond donors (Lipinski definition) is 1. The zero-order valence-electron chi connectivity index (χ0n) is 17.6. The number of thioether (sulfide) groups is 1. The van der Waals surface area contributed by atoms with Gasteiger partial charge in [-0.2, -0.15) is 0 Å². The fourth-order valence-electron chi connectivity index (χ4n) is 2.92. The van der Waals surface area contributed by atoms with E-state index in [1.165, 1.54) is 6.08 Å². The zero-order valence-corrected chi connectivity index (χ0v) is 18.4. The Bertz CT molecular complexity index is 1080. The van der Waals surface area contributed by atoms with Crippen molar-refractivity contribution in [2.24, 2.45) is 0 Å². The van der Waals surface area contributed by atoms with Gasteiger partial charge in [0.25, 0.3) is 11.1 Å². The summed E-state index contributed by atoms with van der Waals surface area (Å²) in [6, 6.07) is 14.0. The predicted octanol–water partition coefficient (Wildman–Crippen LogP) is 3.61. The van der Waals surface area contributed by atoms with Crippen molar-refractivity contribution >= 4 is 46.5 Å². The molecule has 1 heterocycles. The highest BCUT2D eigenvalue weighted by atomic mass is 32.2. The van der Waals surface area contributed by atoms with Crippen molar-refractivity contribution in [1.82, 2.24) is 4.90 Å². The molecule has 0 bridgehead atoms. The Morgan fingerprint density at radius 1 is 1.12 bits per heavy atom. The van der Waals surface area contributed by atoms with Crippen LogP contribution in [0, 0.1) is 6.92 Å². The zero-order chi connectivity index (χ0) is 23.1. The lowest BCUT2D eigenvalue weighted by Crippen LogP contribution is -2.36. The van der Waals surface area contributed by atoms with Crippen LogP contribution in [0.4, 0.5) is 10.5 Å². The van der Waals surface area contributed by atoms with Gasteiger partial charge in [0.1, 0.15) is 12.3 Å². The van der Waals surface area contributed by atoms with E-state index >= 15 is 0 Å². The van der Waals surface area contributed by atoms with Crippen LogP contribution in [0.15, 0.2) is 53.4 Å². The number of ether oxygens (including phenoxy) is 2. The largest absolute Gasteiger partial charge is 0.481 e. The highest BCUT2D eigenvalue weighted by molar-refractivity contribution is 8.18. The number of imide groups is 1. The van der Waals surface area contributed by atoms with Gasteiger partial charge in [-0.25, -0.2) is 4.79 Å². The number of amides is 3. The highest BCUT2D eigenvalue weighted by Crippen LogP contribution is 2.34. The number of rotatable bonds is 8. The van der Waals surface area contributed by atoms with Crippen LogP contribution in [0.25, 0.3) is 6.08 Å². The van der Waals surface area contributed by atoms with Gasteiger partial charge in [0.2, 0.25) is 5.91 Å². The molecule has 0 saturated carbocycles. The Hall–Kier alpha value is -3.59. The van der Waals surface area contributed by atoms with Gasteiger partial charge in [0.15, 0.2) is 6.61 Å². The third kappa shape index (κ3) is 5.98. The molecule has 2 aromatic rings. The van der Waals surface area contributed by atoms with Gasteiger partial charge < -0.3 is 14.8 Å². The minimum Gasteiger partial charge on any atom is -0.481 e. The summed E-state index contributed by atoms with van der Waals surface area (Å²) < 4.78 is 10.3. The average Bonchev–Trinajstić information content (AvgIpc) is 3.00. The van der Waals surface area contributed by atoms with Gasteiger partial charge >= 0.3 is 5.97 Å². The van der Waals surface area contributed by atoms with E-state index in [-0.39, 0.29) is 18.1 Å². The molecule has 0 unspecified atom stereocenters. The van der Waals surface area contributed by atoms with E-state index < -0.39 is 29.6 Å². The van der Waals surface area contributed by atoms with Gasteiger partial charge in [-0.05, 0) is 55.4 Å². The Labute approximate surface area is 189 Å². The lowest BCUT2D eigenvalue weighted by molar-refractivity contribution is -0.145. The number of hydrogen-bond acceptors (Lipinski definition) is 7. The normalized spacial score (nSPS) is 14.6. The van der Waals surface area contributed by atoms with E-state index in [2.05, 4.69) is 5.32 Å². The van der Waals surface area contributed by atoms with Crippen LogP contribution in [-0.2, 0) is 19.1 Å². The Morgan fingerprint density at radius 2 is 1.91 bits per heavy atom. The van der Waals surface area contributed by atoms with Crippen molar-refractivity contribution in [2.45, 2.75) is 13.8 Å². The Morgan fingerprint density at radius 3 is 2.66 bits per heavy atom. The van der Waals surface area contributed by atoms with E-state index in [9.17, 15) is 19.2 Å². The fraction of sp³-hybridized carbons (Fsp3) is 0.217. The molecule has 32 heavy (non-hydrogen) atoms. The van der Waals surface area contributed by atoms with Crippen molar-refractivity contribution in [1.29, 1.82) is 0 Å². The molecule has 1 saturated heterocycles. The number of para-hydroxylation sites is 1. The van der Waals surface area contributed by atoms with Gasteiger partial charge in [0, 0.05) is 11.3 Å². The van der Waals surface area contributed by atoms with Crippen molar-refractivity contribution in [3.8, 4) is 5.75 Å². The maximum atomic E-state index is 12.7. The molecule has 1 N–H and O–H groups in total. The van der Waals surface area contributed by atoms with E-state index in [1.54, 1.807) is 49.4 Å². The molecule has 0 aliphatic carbocycles. The first-order chi connectivity index (χ1) is 15.4. The highest BCUT2D eigenvalue weighted by Gasteiger charge is 2.36. The first-order valence-electron chi connectivity index (χ1n) is 9.86. The number of esters is 1. The monoisotopic (exact) mass is 454 g/mol. The topological polar surface area (TPSA) is 102 Å². The molecule has 3 rings (SSSR count). The van der Waals surface area contributed by atoms with Crippen molar-refractivity contribution in [3.05, 3.63) is 64.6 Å². The third-order valence-corrected chi connectivity index (χ3v) is 5.24. The van der Waals surface area contributed by atoms with Crippen LogP contribution >= 0.6 is 11.8 Å². The number of aryl methyl sites for hydroxylation is 1. The molecule has 3 amide bonds. The summed E-state index contributed by atoms with van der Waals surface area (Å²) in [4.78, 5) is 50.0. The molecular formula is C23H22N2O6S. The smallest absolute Gasteiger partial charge is 0.344 e. The van der Waals surface area contributed by atoms with Gasteiger partial charge in [-0.1, -0.05) is 30.3 Å². The number of anilines is 1. The molecule has 1 fully saturated rings. The maximum Gasteiger partial charge on any atom is 0.344 e. The summed E-state index contributed by atoms with van der Waals surface area (Å²) >= 11 is 0.740. The second kappa shape index (κ2) is 10.6. The van der Waals surface area contributed by atoms with E-state index in [1.807, 2.05) is 13.0 Å². The molecule has 0 spiro atoms. The molecule has 2 aromatic carbocycles. The SMILES string of the molecule is CCOC(=O)COc1ccccc1/C=C1\SC(=O)N(CC(=O)Nc2cccc(C)c2)C1=O. The average molecular weight is 455 g/mol. The van der Waals surface area contributed by atoms with E-state index in [0.29, 0.717) is 17.0 Å². The van der Waals surface area contributed by atoms with Crippen molar-refractivity contribution < 1.29 is 28.7 Å². The molecule has 0 radical (unpaired) electrons. The molecule has 1 aliphatic heterocycles. The predicted molar refractivity (Wildman–Crippen MR) is 121 cm³/mol. The van der Waals surface area contributed by atoms with Crippen LogP contribution in [0.1, 0.15) is 18.1 Å². The van der Waals surface area contributed by atoms with Crippen LogP contribution in [0.5, 0.6) is 5.75 Å². The number of carbonyl (C=O) groups is 4. The minimum atomic E-state index is -0.570. The lowest BCUT2D eigenvalue weighted by atomic mass is 10.2. The van der Waals surface area contributed by atoms with Crippen LogP contribution in [-0.4, -0.2) is 47.7 Å². The molecule has 1 aliphatic rings.